The first-order valence-electron chi connectivity index (χ1n) is 5.22. The molecule has 86 valence electrons. The third kappa shape index (κ3) is 4.75. The third-order valence-electron chi connectivity index (χ3n) is 2.05. The van der Waals surface area contributed by atoms with Crippen molar-refractivity contribution in [2.24, 2.45) is 0 Å². The lowest BCUT2D eigenvalue weighted by Gasteiger charge is -2.10. The quantitative estimate of drug-likeness (QED) is 0.540. The molecule has 0 aromatic heterocycles. The van der Waals surface area contributed by atoms with Crippen molar-refractivity contribution in [1.82, 2.24) is 4.90 Å². The van der Waals surface area contributed by atoms with Crippen LogP contribution < -0.4 is 4.74 Å². The zero-order chi connectivity index (χ0) is 11.8. The van der Waals surface area contributed by atoms with Gasteiger partial charge in [-0.3, -0.25) is 4.79 Å². The minimum absolute atomic E-state index is 0.677. The van der Waals surface area contributed by atoms with Crippen LogP contribution in [0.2, 0.25) is 0 Å². The van der Waals surface area contributed by atoms with E-state index in [2.05, 4.69) is 4.90 Å². The van der Waals surface area contributed by atoms with Crippen molar-refractivity contribution in [3.63, 3.8) is 0 Å². The molecule has 0 aliphatic heterocycles. The average molecular weight is 219 g/mol. The van der Waals surface area contributed by atoms with Gasteiger partial charge < -0.3 is 9.64 Å². The highest BCUT2D eigenvalue weighted by Crippen LogP contribution is 2.12. The van der Waals surface area contributed by atoms with Crippen molar-refractivity contribution < 1.29 is 9.53 Å². The van der Waals surface area contributed by atoms with Crippen molar-refractivity contribution in [3.05, 3.63) is 35.9 Å². The normalized spacial score (nSPS) is 10.9. The molecule has 3 nitrogen and oxygen atoms in total. The van der Waals surface area contributed by atoms with Gasteiger partial charge in [0.05, 0.1) is 0 Å². The van der Waals surface area contributed by atoms with Crippen molar-refractivity contribution in [3.8, 4) is 5.75 Å². The van der Waals surface area contributed by atoms with Gasteiger partial charge in [0.1, 0.15) is 18.6 Å². The first-order chi connectivity index (χ1) is 7.72. The second-order valence-corrected chi connectivity index (χ2v) is 3.72. The summed E-state index contributed by atoms with van der Waals surface area (Å²) >= 11 is 0. The number of hydrogen-bond donors (Lipinski definition) is 0. The summed E-state index contributed by atoms with van der Waals surface area (Å²) in [5.74, 6) is 0.852. The molecule has 0 amide bonds. The van der Waals surface area contributed by atoms with E-state index in [1.165, 1.54) is 6.08 Å². The molecular weight excluding hydrogens is 202 g/mol. The van der Waals surface area contributed by atoms with Gasteiger partial charge in [-0.15, -0.1) is 0 Å². The second kappa shape index (κ2) is 6.80. The predicted molar refractivity (Wildman–Crippen MR) is 65.6 cm³/mol. The Bertz CT molecular complexity index is 341. The molecule has 16 heavy (non-hydrogen) atoms. The summed E-state index contributed by atoms with van der Waals surface area (Å²) in [6, 6.07) is 7.65. The first kappa shape index (κ1) is 12.5. The maximum atomic E-state index is 10.1. The fourth-order valence-corrected chi connectivity index (χ4v) is 1.17. The molecule has 0 radical (unpaired) electrons. The maximum Gasteiger partial charge on any atom is 0.142 e. The number of likely N-dealkylation sites (N-methyl/N-ethyl adjacent to an activating group) is 1. The molecular formula is C13H17NO2. The largest absolute Gasteiger partial charge is 0.492 e. The topological polar surface area (TPSA) is 29.5 Å². The van der Waals surface area contributed by atoms with E-state index < -0.39 is 0 Å². The van der Waals surface area contributed by atoms with Crippen molar-refractivity contribution >= 4 is 12.4 Å². The fraction of sp³-hybridized carbons (Fsp3) is 0.308. The molecule has 3 heteroatoms. The molecule has 0 aliphatic carbocycles. The molecule has 0 atom stereocenters. The average Bonchev–Trinajstić information content (AvgIpc) is 2.27. The Kier molecular flexibility index (Phi) is 5.29. The van der Waals surface area contributed by atoms with Crippen LogP contribution in [-0.2, 0) is 4.79 Å². The molecule has 0 saturated carbocycles. The Labute approximate surface area is 96.3 Å². The molecule has 0 saturated heterocycles. The highest BCUT2D eigenvalue weighted by atomic mass is 16.5. The van der Waals surface area contributed by atoms with E-state index >= 15 is 0 Å². The fourth-order valence-electron chi connectivity index (χ4n) is 1.17. The number of benzene rings is 1. The van der Waals surface area contributed by atoms with Crippen molar-refractivity contribution in [1.29, 1.82) is 0 Å². The van der Waals surface area contributed by atoms with Crippen LogP contribution in [0, 0.1) is 0 Å². The van der Waals surface area contributed by atoms with Gasteiger partial charge in [0, 0.05) is 6.54 Å². The molecule has 0 bridgehead atoms. The number of rotatable bonds is 6. The van der Waals surface area contributed by atoms with E-state index in [4.69, 9.17) is 4.74 Å². The third-order valence-corrected chi connectivity index (χ3v) is 2.05. The Morgan fingerprint density at radius 2 is 1.94 bits per heavy atom. The summed E-state index contributed by atoms with van der Waals surface area (Å²) in [6.45, 7) is 1.57. The second-order valence-electron chi connectivity index (χ2n) is 3.72. The van der Waals surface area contributed by atoms with Crippen LogP contribution in [0.3, 0.4) is 0 Å². The molecule has 0 aliphatic rings. The Morgan fingerprint density at radius 1 is 1.25 bits per heavy atom. The monoisotopic (exact) mass is 219 g/mol. The van der Waals surface area contributed by atoms with Crippen LogP contribution in [0.1, 0.15) is 5.56 Å². The van der Waals surface area contributed by atoms with Gasteiger partial charge in [-0.1, -0.05) is 18.2 Å². The summed E-state index contributed by atoms with van der Waals surface area (Å²) in [5.41, 5.74) is 0.993. The van der Waals surface area contributed by atoms with Crippen molar-refractivity contribution in [2.45, 2.75) is 0 Å². The van der Waals surface area contributed by atoms with E-state index in [0.717, 1.165) is 24.1 Å². The number of ether oxygens (including phenoxy) is 1. The summed E-state index contributed by atoms with van der Waals surface area (Å²) in [4.78, 5) is 12.2. The minimum Gasteiger partial charge on any atom is -0.492 e. The molecule has 0 fully saturated rings. The molecule has 0 spiro atoms. The van der Waals surface area contributed by atoms with Gasteiger partial charge in [0.15, 0.2) is 0 Å². The summed E-state index contributed by atoms with van der Waals surface area (Å²) in [5, 5.41) is 0. The van der Waals surface area contributed by atoms with Gasteiger partial charge in [-0.05, 0) is 37.9 Å². The first-order valence-corrected chi connectivity index (χ1v) is 5.22. The number of nitrogens with zero attached hydrogens (tertiary/aromatic N) is 1. The maximum absolute atomic E-state index is 10.1. The predicted octanol–water partition coefficient (Wildman–Crippen LogP) is 1.84. The standard InChI is InChI=1S/C13H17NO2/c1-14(2)9-11-16-13-7-5-12(6-8-13)4-3-10-15/h3-8,10H,9,11H2,1-2H3. The summed E-state index contributed by atoms with van der Waals surface area (Å²) < 4.78 is 5.54. The van der Waals surface area contributed by atoms with E-state index in [1.54, 1.807) is 6.08 Å². The van der Waals surface area contributed by atoms with Gasteiger partial charge in [-0.2, -0.15) is 0 Å². The van der Waals surface area contributed by atoms with E-state index in [-0.39, 0.29) is 0 Å². The van der Waals surface area contributed by atoms with Crippen LogP contribution >= 0.6 is 0 Å². The lowest BCUT2D eigenvalue weighted by Crippen LogP contribution is -2.19. The van der Waals surface area contributed by atoms with Gasteiger partial charge in [0.2, 0.25) is 0 Å². The van der Waals surface area contributed by atoms with Crippen LogP contribution in [0.25, 0.3) is 6.08 Å². The molecule has 1 aromatic carbocycles. The molecule has 0 unspecified atom stereocenters. The van der Waals surface area contributed by atoms with Gasteiger partial charge in [0.25, 0.3) is 0 Å². The van der Waals surface area contributed by atoms with Crippen LogP contribution in [0.15, 0.2) is 30.3 Å². The number of carbonyl (C=O) groups excluding carboxylic acids is 1. The van der Waals surface area contributed by atoms with E-state index in [1.807, 2.05) is 38.4 Å². The van der Waals surface area contributed by atoms with Crippen LogP contribution in [0.5, 0.6) is 5.75 Å². The molecule has 1 aromatic rings. The number of carbonyl (C=O) groups is 1. The Balaban J connectivity index is 2.45. The Hall–Kier alpha value is -1.61. The van der Waals surface area contributed by atoms with Gasteiger partial charge in [-0.25, -0.2) is 0 Å². The molecule has 1 rings (SSSR count). The van der Waals surface area contributed by atoms with E-state index in [9.17, 15) is 4.79 Å². The number of aldehydes is 1. The van der Waals surface area contributed by atoms with Crippen LogP contribution in [0.4, 0.5) is 0 Å². The molecule has 0 heterocycles. The smallest absolute Gasteiger partial charge is 0.142 e. The highest BCUT2D eigenvalue weighted by molar-refractivity contribution is 5.73. The SMILES string of the molecule is CN(C)CCOc1ccc(C=CC=O)cc1. The minimum atomic E-state index is 0.677. The summed E-state index contributed by atoms with van der Waals surface area (Å²) in [6.07, 6.45) is 4.00. The lowest BCUT2D eigenvalue weighted by atomic mass is 10.2. The zero-order valence-corrected chi connectivity index (χ0v) is 9.72. The summed E-state index contributed by atoms with van der Waals surface area (Å²) in [7, 11) is 4.02. The van der Waals surface area contributed by atoms with Gasteiger partial charge >= 0.3 is 0 Å². The van der Waals surface area contributed by atoms with Crippen LogP contribution in [-0.4, -0.2) is 38.4 Å². The Morgan fingerprint density at radius 3 is 2.50 bits per heavy atom. The lowest BCUT2D eigenvalue weighted by molar-refractivity contribution is -0.104. The van der Waals surface area contributed by atoms with E-state index in [0.29, 0.717) is 6.61 Å². The van der Waals surface area contributed by atoms with Crippen molar-refractivity contribution in [2.75, 3.05) is 27.2 Å². The molecule has 0 N–H and O–H groups in total. The number of hydrogen-bond acceptors (Lipinski definition) is 3. The zero-order valence-electron chi connectivity index (χ0n) is 9.72. The number of allylic oxidation sites excluding steroid dienone is 1. The highest BCUT2D eigenvalue weighted by Gasteiger charge is 1.94.